The number of carbonyl (C=O) groups excluding carboxylic acids is 1. The minimum Gasteiger partial charge on any atom is -0.462 e. The molecule has 6 heteroatoms. The number of aromatic nitrogens is 1. The van der Waals surface area contributed by atoms with Gasteiger partial charge in [0.2, 0.25) is 0 Å². The van der Waals surface area contributed by atoms with Crippen LogP contribution in [0.25, 0.3) is 9.75 Å². The Balaban J connectivity index is 2.45. The fraction of sp³-hybridized carbons (Fsp3) is 0.333. The van der Waals surface area contributed by atoms with E-state index in [1.807, 2.05) is 20.0 Å². The van der Waals surface area contributed by atoms with E-state index in [1.165, 1.54) is 11.3 Å². The highest BCUT2D eigenvalue weighted by Crippen LogP contribution is 2.40. The number of rotatable bonds is 3. The summed E-state index contributed by atoms with van der Waals surface area (Å²) in [6.45, 7) is 6.00. The Labute approximate surface area is 113 Å². The number of anilines is 1. The van der Waals surface area contributed by atoms with Crippen LogP contribution in [-0.2, 0) is 4.74 Å². The number of nitrogens with zero attached hydrogens (tertiary/aromatic N) is 1. The van der Waals surface area contributed by atoms with Gasteiger partial charge in [-0.25, -0.2) is 9.78 Å². The molecule has 18 heavy (non-hydrogen) atoms. The Morgan fingerprint density at radius 2 is 2.17 bits per heavy atom. The van der Waals surface area contributed by atoms with Crippen molar-refractivity contribution in [3.05, 3.63) is 21.6 Å². The molecule has 0 amide bonds. The quantitative estimate of drug-likeness (QED) is 0.878. The van der Waals surface area contributed by atoms with Gasteiger partial charge in [0.1, 0.15) is 4.88 Å². The normalized spacial score (nSPS) is 10.6. The van der Waals surface area contributed by atoms with Crippen molar-refractivity contribution < 1.29 is 9.53 Å². The SMILES string of the molecule is CCOC(=O)c1sc(-c2cnc(C)s2)c(C)c1N. The molecule has 0 aromatic carbocycles. The van der Waals surface area contributed by atoms with Crippen LogP contribution in [0.1, 0.15) is 27.2 Å². The average molecular weight is 282 g/mol. The number of hydrogen-bond donors (Lipinski definition) is 1. The number of thiazole rings is 1. The van der Waals surface area contributed by atoms with E-state index in [0.717, 1.165) is 20.3 Å². The van der Waals surface area contributed by atoms with Crippen LogP contribution >= 0.6 is 22.7 Å². The molecule has 2 aromatic rings. The van der Waals surface area contributed by atoms with Crippen molar-refractivity contribution in [2.75, 3.05) is 12.3 Å². The van der Waals surface area contributed by atoms with E-state index in [1.54, 1.807) is 18.3 Å². The van der Waals surface area contributed by atoms with Crippen molar-refractivity contribution in [1.29, 1.82) is 0 Å². The number of carbonyl (C=O) groups is 1. The van der Waals surface area contributed by atoms with Crippen LogP contribution in [0.5, 0.6) is 0 Å². The zero-order chi connectivity index (χ0) is 13.3. The van der Waals surface area contributed by atoms with Crippen LogP contribution in [0.3, 0.4) is 0 Å². The second kappa shape index (κ2) is 5.07. The molecule has 2 heterocycles. The number of esters is 1. The molecule has 0 unspecified atom stereocenters. The highest BCUT2D eigenvalue weighted by atomic mass is 32.1. The molecular formula is C12H14N2O2S2. The van der Waals surface area contributed by atoms with E-state index in [9.17, 15) is 4.79 Å². The molecular weight excluding hydrogens is 268 g/mol. The van der Waals surface area contributed by atoms with Crippen molar-refractivity contribution in [3.8, 4) is 9.75 Å². The van der Waals surface area contributed by atoms with Crippen LogP contribution in [0.15, 0.2) is 6.20 Å². The molecule has 4 nitrogen and oxygen atoms in total. The minimum absolute atomic E-state index is 0.351. The molecule has 0 aliphatic heterocycles. The molecule has 96 valence electrons. The molecule has 0 spiro atoms. The summed E-state index contributed by atoms with van der Waals surface area (Å²) in [5, 5.41) is 0.994. The molecule has 2 rings (SSSR count). The van der Waals surface area contributed by atoms with Gasteiger partial charge in [-0.15, -0.1) is 22.7 Å². The first-order chi connectivity index (χ1) is 8.54. The van der Waals surface area contributed by atoms with E-state index in [2.05, 4.69) is 4.98 Å². The van der Waals surface area contributed by atoms with Gasteiger partial charge in [-0.05, 0) is 26.3 Å². The maximum Gasteiger partial charge on any atom is 0.350 e. The number of hydrogen-bond acceptors (Lipinski definition) is 6. The molecule has 0 saturated carbocycles. The zero-order valence-corrected chi connectivity index (χ0v) is 12.1. The molecule has 0 radical (unpaired) electrons. The van der Waals surface area contributed by atoms with Crippen molar-refractivity contribution in [2.45, 2.75) is 20.8 Å². The molecule has 0 aliphatic rings. The van der Waals surface area contributed by atoms with Crippen molar-refractivity contribution >= 4 is 34.3 Å². The van der Waals surface area contributed by atoms with E-state index >= 15 is 0 Å². The largest absolute Gasteiger partial charge is 0.462 e. The lowest BCUT2D eigenvalue weighted by atomic mass is 10.2. The average Bonchev–Trinajstić information content (AvgIpc) is 2.86. The van der Waals surface area contributed by atoms with Gasteiger partial charge < -0.3 is 10.5 Å². The summed E-state index contributed by atoms with van der Waals surface area (Å²) in [6.07, 6.45) is 1.81. The van der Waals surface area contributed by atoms with Crippen LogP contribution in [0, 0.1) is 13.8 Å². The molecule has 0 fully saturated rings. The summed E-state index contributed by atoms with van der Waals surface area (Å²) < 4.78 is 5.00. The van der Waals surface area contributed by atoms with E-state index < -0.39 is 0 Å². The van der Waals surface area contributed by atoms with E-state index in [-0.39, 0.29) is 5.97 Å². The third-order valence-corrected chi connectivity index (χ3v) is 4.88. The maximum atomic E-state index is 11.8. The monoisotopic (exact) mass is 282 g/mol. The van der Waals surface area contributed by atoms with Gasteiger partial charge in [0.05, 0.1) is 27.1 Å². The first-order valence-corrected chi connectivity index (χ1v) is 7.16. The van der Waals surface area contributed by atoms with Gasteiger partial charge in [0, 0.05) is 6.20 Å². The summed E-state index contributed by atoms with van der Waals surface area (Å²) in [7, 11) is 0. The lowest BCUT2D eigenvalue weighted by molar-refractivity contribution is 0.0533. The first-order valence-electron chi connectivity index (χ1n) is 5.53. The smallest absolute Gasteiger partial charge is 0.350 e. The molecule has 0 atom stereocenters. The van der Waals surface area contributed by atoms with Crippen LogP contribution in [0.4, 0.5) is 5.69 Å². The fourth-order valence-corrected chi connectivity index (χ4v) is 3.63. The lowest BCUT2D eigenvalue weighted by Gasteiger charge is -1.99. The van der Waals surface area contributed by atoms with Crippen LogP contribution in [0.2, 0.25) is 0 Å². The summed E-state index contributed by atoms with van der Waals surface area (Å²) in [4.78, 5) is 18.5. The van der Waals surface area contributed by atoms with Crippen molar-refractivity contribution in [3.63, 3.8) is 0 Å². The topological polar surface area (TPSA) is 65.2 Å². The Kier molecular flexibility index (Phi) is 3.68. The van der Waals surface area contributed by atoms with Gasteiger partial charge in [-0.1, -0.05) is 0 Å². The maximum absolute atomic E-state index is 11.8. The number of thiophene rings is 1. The first kappa shape index (κ1) is 13.0. The third-order valence-electron chi connectivity index (χ3n) is 2.50. The summed E-state index contributed by atoms with van der Waals surface area (Å²) >= 11 is 2.97. The minimum atomic E-state index is -0.351. The van der Waals surface area contributed by atoms with E-state index in [0.29, 0.717) is 17.2 Å². The summed E-state index contributed by atoms with van der Waals surface area (Å²) in [5.74, 6) is -0.351. The Hall–Kier alpha value is -1.40. The van der Waals surface area contributed by atoms with Gasteiger partial charge in [-0.2, -0.15) is 0 Å². The molecule has 0 saturated heterocycles. The van der Waals surface area contributed by atoms with Crippen LogP contribution in [-0.4, -0.2) is 17.6 Å². The molecule has 0 aliphatic carbocycles. The standard InChI is InChI=1S/C12H14N2O2S2/c1-4-16-12(15)11-9(13)6(2)10(18-11)8-5-14-7(3)17-8/h5H,4,13H2,1-3H3. The molecule has 0 bridgehead atoms. The van der Waals surface area contributed by atoms with Crippen molar-refractivity contribution in [2.24, 2.45) is 0 Å². The van der Waals surface area contributed by atoms with Crippen molar-refractivity contribution in [1.82, 2.24) is 4.98 Å². The highest BCUT2D eigenvalue weighted by molar-refractivity contribution is 7.23. The van der Waals surface area contributed by atoms with Gasteiger partial charge in [0.25, 0.3) is 0 Å². The second-order valence-electron chi connectivity index (χ2n) is 3.76. The van der Waals surface area contributed by atoms with Gasteiger partial charge in [-0.3, -0.25) is 0 Å². The highest BCUT2D eigenvalue weighted by Gasteiger charge is 2.21. The van der Waals surface area contributed by atoms with Gasteiger partial charge >= 0.3 is 5.97 Å². The lowest BCUT2D eigenvalue weighted by Crippen LogP contribution is -2.05. The Morgan fingerprint density at radius 3 is 2.72 bits per heavy atom. The Bertz CT molecular complexity index is 587. The number of aryl methyl sites for hydroxylation is 1. The van der Waals surface area contributed by atoms with E-state index in [4.69, 9.17) is 10.5 Å². The predicted octanol–water partition coefficient (Wildman–Crippen LogP) is 3.25. The Morgan fingerprint density at radius 1 is 1.44 bits per heavy atom. The third kappa shape index (κ3) is 2.26. The number of ether oxygens (including phenoxy) is 1. The predicted molar refractivity (Wildman–Crippen MR) is 75.3 cm³/mol. The number of nitrogens with two attached hydrogens (primary N) is 1. The fourth-order valence-electron chi connectivity index (χ4n) is 1.58. The van der Waals surface area contributed by atoms with Crippen LogP contribution < -0.4 is 5.73 Å². The number of nitrogen functional groups attached to an aromatic ring is 1. The van der Waals surface area contributed by atoms with Gasteiger partial charge in [0.15, 0.2) is 0 Å². The molecule has 2 N–H and O–H groups in total. The summed E-state index contributed by atoms with van der Waals surface area (Å²) in [5.41, 5.74) is 7.41. The zero-order valence-electron chi connectivity index (χ0n) is 10.4. The molecule has 2 aromatic heterocycles. The summed E-state index contributed by atoms with van der Waals surface area (Å²) in [6, 6.07) is 0. The second-order valence-corrected chi connectivity index (χ2v) is 6.02.